The fraction of sp³-hybridized carbons (Fsp3) is 0.500. The van der Waals surface area contributed by atoms with E-state index in [0.717, 1.165) is 4.90 Å². The summed E-state index contributed by atoms with van der Waals surface area (Å²) in [6, 6.07) is 6.18. The van der Waals surface area contributed by atoms with Crippen molar-refractivity contribution in [1.29, 1.82) is 0 Å². The molecule has 1 aliphatic rings. The molecule has 1 N–H and O–H groups in total. The topological polar surface area (TPSA) is 95.8 Å². The molecule has 0 saturated carbocycles. The van der Waals surface area contributed by atoms with Crippen LogP contribution in [0.5, 0.6) is 0 Å². The van der Waals surface area contributed by atoms with E-state index >= 15 is 0 Å². The molecule has 1 heterocycles. The zero-order chi connectivity index (χ0) is 18.2. The Labute approximate surface area is 150 Å². The van der Waals surface area contributed by atoms with Crippen LogP contribution in [0, 0.1) is 10.1 Å². The number of benzene rings is 1. The van der Waals surface area contributed by atoms with Crippen LogP contribution >= 0.6 is 11.8 Å². The van der Waals surface area contributed by atoms with Gasteiger partial charge in [-0.3, -0.25) is 24.6 Å². The van der Waals surface area contributed by atoms with E-state index in [4.69, 9.17) is 0 Å². The van der Waals surface area contributed by atoms with Gasteiger partial charge in [0.1, 0.15) is 0 Å². The summed E-state index contributed by atoms with van der Waals surface area (Å²) in [5, 5.41) is 13.4. The number of nitro groups is 1. The Hall–Kier alpha value is -2.13. The normalized spacial score (nSPS) is 15.0. The lowest BCUT2D eigenvalue weighted by atomic mass is 10.3. The highest BCUT2D eigenvalue weighted by molar-refractivity contribution is 8.00. The number of hydrogen-bond acceptors (Lipinski definition) is 6. The number of thioether (sulfide) groups is 1. The van der Waals surface area contributed by atoms with Crippen LogP contribution in [0.1, 0.15) is 6.92 Å². The molecule has 1 aromatic rings. The van der Waals surface area contributed by atoms with Crippen molar-refractivity contribution in [2.24, 2.45) is 0 Å². The van der Waals surface area contributed by atoms with Gasteiger partial charge in [0.25, 0.3) is 5.69 Å². The molecule has 136 valence electrons. The lowest BCUT2D eigenvalue weighted by Gasteiger charge is -2.34. The van der Waals surface area contributed by atoms with Crippen LogP contribution in [0.15, 0.2) is 29.2 Å². The molecular formula is C16H22N4O4S. The number of amides is 2. The highest BCUT2D eigenvalue weighted by atomic mass is 32.2. The third kappa shape index (κ3) is 6.02. The molecular weight excluding hydrogens is 344 g/mol. The van der Waals surface area contributed by atoms with E-state index in [1.54, 1.807) is 17.0 Å². The van der Waals surface area contributed by atoms with Crippen LogP contribution in [0.25, 0.3) is 0 Å². The summed E-state index contributed by atoms with van der Waals surface area (Å²) in [5.74, 6) is 0.353. The summed E-state index contributed by atoms with van der Waals surface area (Å²) < 4.78 is 0. The monoisotopic (exact) mass is 366 g/mol. The van der Waals surface area contributed by atoms with Crippen LogP contribution in [-0.4, -0.2) is 71.6 Å². The minimum Gasteiger partial charge on any atom is -0.355 e. The Balaban J connectivity index is 1.73. The molecule has 0 spiro atoms. The summed E-state index contributed by atoms with van der Waals surface area (Å²) >= 11 is 1.37. The van der Waals surface area contributed by atoms with Gasteiger partial charge in [-0.2, -0.15) is 0 Å². The van der Waals surface area contributed by atoms with Gasteiger partial charge in [0.2, 0.25) is 11.8 Å². The predicted molar refractivity (Wildman–Crippen MR) is 95.5 cm³/mol. The van der Waals surface area contributed by atoms with Crippen molar-refractivity contribution >= 4 is 29.3 Å². The molecule has 1 saturated heterocycles. The first-order valence-electron chi connectivity index (χ1n) is 8.13. The number of carbonyl (C=O) groups is 2. The van der Waals surface area contributed by atoms with E-state index in [0.29, 0.717) is 45.0 Å². The van der Waals surface area contributed by atoms with Gasteiger partial charge in [0.15, 0.2) is 0 Å². The van der Waals surface area contributed by atoms with Gasteiger partial charge >= 0.3 is 0 Å². The van der Waals surface area contributed by atoms with Crippen molar-refractivity contribution in [3.05, 3.63) is 34.4 Å². The van der Waals surface area contributed by atoms with E-state index in [-0.39, 0.29) is 17.5 Å². The Bertz CT molecular complexity index is 615. The third-order valence-corrected chi connectivity index (χ3v) is 4.87. The number of non-ortho nitro benzene ring substituents is 1. The fourth-order valence-corrected chi connectivity index (χ4v) is 3.31. The molecule has 8 nitrogen and oxygen atoms in total. The van der Waals surface area contributed by atoms with Crippen molar-refractivity contribution in [1.82, 2.24) is 15.1 Å². The number of rotatable bonds is 7. The van der Waals surface area contributed by atoms with Gasteiger partial charge in [-0.05, 0) is 19.1 Å². The molecule has 25 heavy (non-hydrogen) atoms. The minimum absolute atomic E-state index is 0.0102. The molecule has 0 unspecified atom stereocenters. The standard InChI is InChI=1S/C16H22N4O4S/c1-2-17-15(21)11-18-7-9-19(10-8-18)16(22)12-25-14-5-3-13(4-6-14)20(23)24/h3-6H,2,7-12H2,1H3,(H,17,21). The van der Waals surface area contributed by atoms with Crippen LogP contribution in [0.3, 0.4) is 0 Å². The van der Waals surface area contributed by atoms with Crippen molar-refractivity contribution in [3.63, 3.8) is 0 Å². The predicted octanol–water partition coefficient (Wildman–Crippen LogP) is 0.967. The number of piperazine rings is 1. The van der Waals surface area contributed by atoms with Crippen molar-refractivity contribution in [2.45, 2.75) is 11.8 Å². The highest BCUT2D eigenvalue weighted by Crippen LogP contribution is 2.21. The molecule has 1 fully saturated rings. The molecule has 0 radical (unpaired) electrons. The first-order chi connectivity index (χ1) is 12.0. The van der Waals surface area contributed by atoms with E-state index < -0.39 is 4.92 Å². The largest absolute Gasteiger partial charge is 0.355 e. The maximum atomic E-state index is 12.3. The minimum atomic E-state index is -0.445. The van der Waals surface area contributed by atoms with Gasteiger partial charge in [-0.1, -0.05) is 0 Å². The first kappa shape index (κ1) is 19.2. The van der Waals surface area contributed by atoms with E-state index in [1.807, 2.05) is 11.8 Å². The summed E-state index contributed by atoms with van der Waals surface area (Å²) in [7, 11) is 0. The molecule has 1 aromatic carbocycles. The van der Waals surface area contributed by atoms with Crippen molar-refractivity contribution in [3.8, 4) is 0 Å². The molecule has 9 heteroatoms. The summed E-state index contributed by atoms with van der Waals surface area (Å²) in [4.78, 5) is 38.7. The van der Waals surface area contributed by atoms with Crippen molar-refractivity contribution < 1.29 is 14.5 Å². The van der Waals surface area contributed by atoms with Crippen LogP contribution in [0.2, 0.25) is 0 Å². The third-order valence-electron chi connectivity index (χ3n) is 3.88. The van der Waals surface area contributed by atoms with Gasteiger partial charge in [-0.15, -0.1) is 11.8 Å². The number of carbonyl (C=O) groups excluding carboxylic acids is 2. The molecule has 1 aliphatic heterocycles. The molecule has 0 aliphatic carbocycles. The second-order valence-electron chi connectivity index (χ2n) is 5.65. The SMILES string of the molecule is CCNC(=O)CN1CCN(C(=O)CSc2ccc([N+](=O)[O-])cc2)CC1. The van der Waals surface area contributed by atoms with Gasteiger partial charge in [-0.25, -0.2) is 0 Å². The lowest BCUT2D eigenvalue weighted by molar-refractivity contribution is -0.384. The Morgan fingerprint density at radius 3 is 2.40 bits per heavy atom. The smallest absolute Gasteiger partial charge is 0.269 e. The quantitative estimate of drug-likeness (QED) is 0.439. The van der Waals surface area contributed by atoms with Gasteiger partial charge in [0, 0.05) is 49.8 Å². The summed E-state index contributed by atoms with van der Waals surface area (Å²) in [6.07, 6.45) is 0. The number of hydrogen-bond donors (Lipinski definition) is 1. The zero-order valence-electron chi connectivity index (χ0n) is 14.1. The van der Waals surface area contributed by atoms with Crippen molar-refractivity contribution in [2.75, 3.05) is 45.0 Å². The number of nitro benzene ring substituents is 1. The number of likely N-dealkylation sites (N-methyl/N-ethyl adjacent to an activating group) is 1. The summed E-state index contributed by atoms with van der Waals surface area (Å²) in [5.41, 5.74) is 0.0407. The van der Waals surface area contributed by atoms with E-state index in [9.17, 15) is 19.7 Å². The van der Waals surface area contributed by atoms with E-state index in [2.05, 4.69) is 5.32 Å². The second kappa shape index (κ2) is 9.38. The van der Waals surface area contributed by atoms with Crippen LogP contribution in [0.4, 0.5) is 5.69 Å². The molecule has 2 rings (SSSR count). The average molecular weight is 366 g/mol. The molecule has 2 amide bonds. The van der Waals surface area contributed by atoms with E-state index in [1.165, 1.54) is 23.9 Å². The lowest BCUT2D eigenvalue weighted by Crippen LogP contribution is -2.51. The van der Waals surface area contributed by atoms with Crippen LogP contribution < -0.4 is 5.32 Å². The molecule has 0 atom stereocenters. The number of nitrogens with one attached hydrogen (secondary N) is 1. The Morgan fingerprint density at radius 1 is 1.20 bits per heavy atom. The molecule has 0 aromatic heterocycles. The fourth-order valence-electron chi connectivity index (χ4n) is 2.51. The Morgan fingerprint density at radius 2 is 1.84 bits per heavy atom. The summed E-state index contributed by atoms with van der Waals surface area (Å²) in [6.45, 7) is 5.47. The van der Waals surface area contributed by atoms with Crippen LogP contribution in [-0.2, 0) is 9.59 Å². The van der Waals surface area contributed by atoms with Gasteiger partial charge < -0.3 is 10.2 Å². The zero-order valence-corrected chi connectivity index (χ0v) is 15.0. The highest BCUT2D eigenvalue weighted by Gasteiger charge is 2.22. The second-order valence-corrected chi connectivity index (χ2v) is 6.70. The number of nitrogens with zero attached hydrogens (tertiary/aromatic N) is 3. The average Bonchev–Trinajstić information content (AvgIpc) is 2.61. The Kier molecular flexibility index (Phi) is 7.20. The maximum absolute atomic E-state index is 12.3. The maximum Gasteiger partial charge on any atom is 0.269 e. The van der Waals surface area contributed by atoms with Gasteiger partial charge in [0.05, 0.1) is 17.2 Å². The first-order valence-corrected chi connectivity index (χ1v) is 9.12. The molecule has 0 bridgehead atoms.